The zero-order valence-corrected chi connectivity index (χ0v) is 11.9. The fourth-order valence-electron chi connectivity index (χ4n) is 2.44. The molecule has 2 heterocycles. The number of rotatable bonds is 5. The van der Waals surface area contributed by atoms with Crippen molar-refractivity contribution in [2.45, 2.75) is 26.2 Å². The van der Waals surface area contributed by atoms with Gasteiger partial charge in [-0.25, -0.2) is 4.98 Å². The number of hydrogen-bond donors (Lipinski definition) is 1. The Bertz CT molecular complexity index is 444. The van der Waals surface area contributed by atoms with Crippen molar-refractivity contribution in [3.05, 3.63) is 29.8 Å². The van der Waals surface area contributed by atoms with Crippen LogP contribution in [0.1, 0.15) is 36.5 Å². The summed E-state index contributed by atoms with van der Waals surface area (Å²) >= 11 is 0. The number of nitrogens with zero attached hydrogens (tertiary/aromatic N) is 2. The van der Waals surface area contributed by atoms with Gasteiger partial charge in [0.25, 0.3) is 5.91 Å². The highest BCUT2D eigenvalue weighted by Gasteiger charge is 2.15. The lowest BCUT2D eigenvalue weighted by Gasteiger charge is -2.30. The van der Waals surface area contributed by atoms with Crippen LogP contribution in [0.2, 0.25) is 0 Å². The van der Waals surface area contributed by atoms with Crippen molar-refractivity contribution >= 4 is 5.91 Å². The molecule has 1 aromatic rings. The number of piperidine rings is 1. The molecule has 0 radical (unpaired) electrons. The summed E-state index contributed by atoms with van der Waals surface area (Å²) in [4.78, 5) is 17.6. The molecule has 2 rings (SSSR count). The number of likely N-dealkylation sites (tertiary alicyclic amines) is 1. The maximum Gasteiger partial charge on any atom is 0.251 e. The molecule has 1 N–H and O–H groups in total. The molecule has 1 fully saturated rings. The largest absolute Gasteiger partial charge is 0.352 e. The molecule has 1 aliphatic heterocycles. The van der Waals surface area contributed by atoms with E-state index in [1.54, 1.807) is 0 Å². The Morgan fingerprint density at radius 2 is 2.25 bits per heavy atom. The molecule has 0 aromatic carbocycles. The lowest BCUT2D eigenvalue weighted by molar-refractivity contribution is 0.0950. The molecule has 20 heavy (non-hydrogen) atoms. The Morgan fingerprint density at radius 1 is 1.50 bits per heavy atom. The van der Waals surface area contributed by atoms with E-state index in [0.717, 1.165) is 38.0 Å². The minimum Gasteiger partial charge on any atom is -0.352 e. The van der Waals surface area contributed by atoms with E-state index in [2.05, 4.69) is 22.1 Å². The fourth-order valence-corrected chi connectivity index (χ4v) is 2.44. The lowest BCUT2D eigenvalue weighted by atomic mass is 9.99. The summed E-state index contributed by atoms with van der Waals surface area (Å²) in [5.74, 6) is -0.0220. The molecule has 110 valence electrons. The van der Waals surface area contributed by atoms with Crippen molar-refractivity contribution in [3.63, 3.8) is 0 Å². The molecule has 0 bridgehead atoms. The highest BCUT2D eigenvalue weighted by Crippen LogP contribution is 2.15. The van der Waals surface area contributed by atoms with E-state index < -0.39 is 5.95 Å². The van der Waals surface area contributed by atoms with Crippen LogP contribution in [-0.2, 0) is 0 Å². The first-order valence-corrected chi connectivity index (χ1v) is 7.27. The van der Waals surface area contributed by atoms with Gasteiger partial charge in [-0.15, -0.1) is 0 Å². The minimum atomic E-state index is -0.625. The molecule has 0 saturated carbocycles. The first-order chi connectivity index (χ1) is 9.65. The van der Waals surface area contributed by atoms with Crippen LogP contribution in [0, 0.1) is 11.9 Å². The average molecular weight is 279 g/mol. The highest BCUT2D eigenvalue weighted by atomic mass is 19.1. The Labute approximate surface area is 119 Å². The zero-order chi connectivity index (χ0) is 14.4. The van der Waals surface area contributed by atoms with Gasteiger partial charge in [-0.2, -0.15) is 4.39 Å². The van der Waals surface area contributed by atoms with Crippen LogP contribution < -0.4 is 5.32 Å². The van der Waals surface area contributed by atoms with Crippen molar-refractivity contribution < 1.29 is 9.18 Å². The Balaban J connectivity index is 1.64. The third kappa shape index (κ3) is 4.56. The molecule has 0 spiro atoms. The number of hydrogen-bond acceptors (Lipinski definition) is 3. The van der Waals surface area contributed by atoms with Crippen LogP contribution in [0.3, 0.4) is 0 Å². The van der Waals surface area contributed by atoms with Gasteiger partial charge in [-0.05, 0) is 50.9 Å². The second-order valence-corrected chi connectivity index (χ2v) is 5.50. The summed E-state index contributed by atoms with van der Waals surface area (Å²) < 4.78 is 12.9. The van der Waals surface area contributed by atoms with Crippen LogP contribution >= 0.6 is 0 Å². The fraction of sp³-hybridized carbons (Fsp3) is 0.600. The number of aromatic nitrogens is 1. The molecule has 4 nitrogen and oxygen atoms in total. The Morgan fingerprint density at radius 3 is 2.95 bits per heavy atom. The van der Waals surface area contributed by atoms with Gasteiger partial charge in [-0.1, -0.05) is 6.92 Å². The molecule has 1 aromatic heterocycles. The van der Waals surface area contributed by atoms with E-state index in [1.165, 1.54) is 25.1 Å². The minimum absolute atomic E-state index is 0.237. The number of carbonyl (C=O) groups is 1. The molecule has 1 saturated heterocycles. The van der Waals surface area contributed by atoms with Gasteiger partial charge in [0.1, 0.15) is 0 Å². The van der Waals surface area contributed by atoms with E-state index in [0.29, 0.717) is 12.1 Å². The third-order valence-electron chi connectivity index (χ3n) is 3.80. The van der Waals surface area contributed by atoms with E-state index in [1.807, 2.05) is 0 Å². The first-order valence-electron chi connectivity index (χ1n) is 7.27. The van der Waals surface area contributed by atoms with Gasteiger partial charge in [0.05, 0.1) is 0 Å². The van der Waals surface area contributed by atoms with E-state index in [4.69, 9.17) is 0 Å². The average Bonchev–Trinajstić information content (AvgIpc) is 2.45. The number of amides is 1. The van der Waals surface area contributed by atoms with E-state index in [-0.39, 0.29) is 5.91 Å². The molecule has 1 amide bonds. The monoisotopic (exact) mass is 279 g/mol. The summed E-state index contributed by atoms with van der Waals surface area (Å²) in [6, 6.07) is 2.67. The molecule has 0 atom stereocenters. The van der Waals surface area contributed by atoms with Crippen molar-refractivity contribution in [1.82, 2.24) is 15.2 Å². The molecule has 5 heteroatoms. The number of nitrogens with one attached hydrogen (secondary N) is 1. The standard InChI is InChI=1S/C15H22FN3O/c1-12-4-9-19(10-5-12)8-2-6-18-15(20)13-3-7-17-14(16)11-13/h3,7,11-12H,2,4-6,8-10H2,1H3,(H,18,20). The predicted octanol–water partition coefficient (Wildman–Crippen LogP) is 2.07. The number of pyridine rings is 1. The SMILES string of the molecule is CC1CCN(CCCNC(=O)c2ccnc(F)c2)CC1. The van der Waals surface area contributed by atoms with Gasteiger partial charge in [0, 0.05) is 24.4 Å². The predicted molar refractivity (Wildman–Crippen MR) is 76.0 cm³/mol. The molecule has 0 unspecified atom stereocenters. The molecular weight excluding hydrogens is 257 g/mol. The van der Waals surface area contributed by atoms with Gasteiger partial charge < -0.3 is 10.2 Å². The smallest absolute Gasteiger partial charge is 0.251 e. The topological polar surface area (TPSA) is 45.2 Å². The van der Waals surface area contributed by atoms with Gasteiger partial charge in [0.2, 0.25) is 5.95 Å². The maximum absolute atomic E-state index is 12.9. The summed E-state index contributed by atoms with van der Waals surface area (Å²) in [7, 11) is 0. The lowest BCUT2D eigenvalue weighted by Crippen LogP contribution is -2.35. The second kappa shape index (κ2) is 7.33. The van der Waals surface area contributed by atoms with Crippen molar-refractivity contribution in [1.29, 1.82) is 0 Å². The van der Waals surface area contributed by atoms with Crippen molar-refractivity contribution in [2.24, 2.45) is 5.92 Å². The number of carbonyl (C=O) groups excluding carboxylic acids is 1. The third-order valence-corrected chi connectivity index (χ3v) is 3.80. The quantitative estimate of drug-likeness (QED) is 0.663. The zero-order valence-electron chi connectivity index (χ0n) is 11.9. The molecular formula is C15H22FN3O. The van der Waals surface area contributed by atoms with E-state index in [9.17, 15) is 9.18 Å². The number of halogens is 1. The van der Waals surface area contributed by atoms with Crippen LogP contribution in [0.5, 0.6) is 0 Å². The van der Waals surface area contributed by atoms with E-state index >= 15 is 0 Å². The summed E-state index contributed by atoms with van der Waals surface area (Å²) in [6.45, 7) is 6.24. The van der Waals surface area contributed by atoms with Crippen molar-refractivity contribution in [3.8, 4) is 0 Å². The summed E-state index contributed by atoms with van der Waals surface area (Å²) in [5, 5.41) is 2.81. The maximum atomic E-state index is 12.9. The van der Waals surface area contributed by atoms with Crippen LogP contribution in [0.15, 0.2) is 18.3 Å². The van der Waals surface area contributed by atoms with Gasteiger partial charge in [0.15, 0.2) is 0 Å². The highest BCUT2D eigenvalue weighted by molar-refractivity contribution is 5.93. The Kier molecular flexibility index (Phi) is 5.47. The van der Waals surface area contributed by atoms with Crippen LogP contribution in [0.25, 0.3) is 0 Å². The second-order valence-electron chi connectivity index (χ2n) is 5.50. The normalized spacial score (nSPS) is 17.1. The van der Waals surface area contributed by atoms with Crippen LogP contribution in [-0.4, -0.2) is 42.0 Å². The molecule has 1 aliphatic rings. The van der Waals surface area contributed by atoms with Gasteiger partial charge in [-0.3, -0.25) is 4.79 Å². The van der Waals surface area contributed by atoms with Gasteiger partial charge >= 0.3 is 0 Å². The van der Waals surface area contributed by atoms with Crippen molar-refractivity contribution in [2.75, 3.05) is 26.2 Å². The molecule has 0 aliphatic carbocycles. The summed E-state index contributed by atoms with van der Waals surface area (Å²) in [6.07, 6.45) is 4.76. The Hall–Kier alpha value is -1.49. The van der Waals surface area contributed by atoms with Crippen LogP contribution in [0.4, 0.5) is 4.39 Å². The summed E-state index contributed by atoms with van der Waals surface area (Å²) in [5.41, 5.74) is 0.323. The first kappa shape index (κ1) is 14.9.